The molecule has 1 atom stereocenters. The Kier molecular flexibility index (Phi) is 6.93. The molecule has 0 aliphatic heterocycles. The summed E-state index contributed by atoms with van der Waals surface area (Å²) in [6.07, 6.45) is 3.43. The third kappa shape index (κ3) is 6.32. The summed E-state index contributed by atoms with van der Waals surface area (Å²) in [5, 5.41) is 3.33. The van der Waals surface area contributed by atoms with Gasteiger partial charge in [-0.1, -0.05) is 48.0 Å². The molecule has 1 N–H and O–H groups in total. The van der Waals surface area contributed by atoms with Crippen LogP contribution in [0.25, 0.3) is 0 Å². The monoisotopic (exact) mass is 293 g/mol. The van der Waals surface area contributed by atoms with E-state index < -0.39 is 0 Å². The molecule has 0 saturated carbocycles. The van der Waals surface area contributed by atoms with Crippen molar-refractivity contribution in [2.45, 2.75) is 66.2 Å². The zero-order chi connectivity index (χ0) is 15.9. The first-order chi connectivity index (χ1) is 9.86. The van der Waals surface area contributed by atoms with Crippen LogP contribution in [0.3, 0.4) is 0 Å². The van der Waals surface area contributed by atoms with Gasteiger partial charge in [0, 0.05) is 18.0 Å². The molecular weight excluding hydrogens is 262 g/mol. The summed E-state index contributed by atoms with van der Waals surface area (Å²) in [4.78, 5) is 9.17. The summed E-state index contributed by atoms with van der Waals surface area (Å²) >= 11 is 0. The van der Waals surface area contributed by atoms with E-state index in [1.165, 1.54) is 12.8 Å². The van der Waals surface area contributed by atoms with Crippen LogP contribution >= 0.6 is 0 Å². The molecule has 1 heterocycles. The predicted molar refractivity (Wildman–Crippen MR) is 89.1 cm³/mol. The van der Waals surface area contributed by atoms with Crippen molar-refractivity contribution in [2.24, 2.45) is 5.92 Å². The second-order valence-electron chi connectivity index (χ2n) is 6.80. The van der Waals surface area contributed by atoms with E-state index in [0.29, 0.717) is 18.4 Å². The quantitative estimate of drug-likeness (QED) is 0.771. The van der Waals surface area contributed by atoms with E-state index in [2.05, 4.69) is 56.8 Å². The Morgan fingerprint density at radius 2 is 1.90 bits per heavy atom. The van der Waals surface area contributed by atoms with E-state index in [-0.39, 0.29) is 5.41 Å². The van der Waals surface area contributed by atoms with Gasteiger partial charge in [-0.15, -0.1) is 0 Å². The number of anilines is 1. The Balaban J connectivity index is 2.85. The van der Waals surface area contributed by atoms with Gasteiger partial charge in [0.25, 0.3) is 0 Å². The minimum Gasteiger partial charge on any atom is -0.477 e. The lowest BCUT2D eigenvalue weighted by Gasteiger charge is -2.19. The van der Waals surface area contributed by atoms with Gasteiger partial charge >= 0.3 is 0 Å². The Bertz CT molecular complexity index is 427. The van der Waals surface area contributed by atoms with Gasteiger partial charge in [-0.2, -0.15) is 4.98 Å². The van der Waals surface area contributed by atoms with Crippen LogP contribution in [0.5, 0.6) is 5.88 Å². The molecule has 0 spiro atoms. The van der Waals surface area contributed by atoms with Gasteiger partial charge in [-0.25, -0.2) is 4.98 Å². The van der Waals surface area contributed by atoms with Crippen LogP contribution in [0.4, 0.5) is 5.82 Å². The number of hydrogen-bond acceptors (Lipinski definition) is 4. The average molecular weight is 293 g/mol. The van der Waals surface area contributed by atoms with E-state index in [9.17, 15) is 0 Å². The van der Waals surface area contributed by atoms with Crippen LogP contribution in [0.15, 0.2) is 6.07 Å². The summed E-state index contributed by atoms with van der Waals surface area (Å²) in [6.45, 7) is 14.5. The molecule has 0 aliphatic rings. The van der Waals surface area contributed by atoms with E-state index >= 15 is 0 Å². The Morgan fingerprint density at radius 3 is 2.48 bits per heavy atom. The normalized spacial score (nSPS) is 13.0. The van der Waals surface area contributed by atoms with Crippen molar-refractivity contribution >= 4 is 5.82 Å². The number of nitrogens with zero attached hydrogens (tertiary/aromatic N) is 2. The summed E-state index contributed by atoms with van der Waals surface area (Å²) in [7, 11) is 0. The van der Waals surface area contributed by atoms with E-state index in [1.807, 2.05) is 6.07 Å². The molecule has 1 unspecified atom stereocenters. The first-order valence-corrected chi connectivity index (χ1v) is 8.13. The molecule has 0 amide bonds. The molecule has 1 rings (SSSR count). The molecular formula is C17H31N3O. The van der Waals surface area contributed by atoms with Crippen molar-refractivity contribution in [2.75, 3.05) is 18.5 Å². The van der Waals surface area contributed by atoms with Crippen molar-refractivity contribution in [3.05, 3.63) is 11.9 Å². The molecule has 4 nitrogen and oxygen atoms in total. The summed E-state index contributed by atoms with van der Waals surface area (Å²) in [5.41, 5.74) is -0.0863. The first kappa shape index (κ1) is 17.7. The highest BCUT2D eigenvalue weighted by Gasteiger charge is 2.19. The van der Waals surface area contributed by atoms with Crippen molar-refractivity contribution in [3.8, 4) is 5.88 Å². The molecule has 1 aromatic heterocycles. The fraction of sp³-hybridized carbons (Fsp3) is 0.765. The molecule has 120 valence electrons. The van der Waals surface area contributed by atoms with Gasteiger partial charge in [-0.05, 0) is 18.8 Å². The van der Waals surface area contributed by atoms with Crippen LogP contribution in [-0.2, 0) is 5.41 Å². The lowest BCUT2D eigenvalue weighted by molar-refractivity contribution is 0.241. The fourth-order valence-corrected chi connectivity index (χ4v) is 1.98. The van der Waals surface area contributed by atoms with E-state index in [1.54, 1.807) is 0 Å². The van der Waals surface area contributed by atoms with Crippen LogP contribution in [0, 0.1) is 5.92 Å². The largest absolute Gasteiger partial charge is 0.477 e. The summed E-state index contributed by atoms with van der Waals surface area (Å²) in [6, 6.07) is 1.91. The van der Waals surface area contributed by atoms with Gasteiger partial charge in [-0.3, -0.25) is 0 Å². The number of nitrogens with one attached hydrogen (secondary N) is 1. The molecule has 21 heavy (non-hydrogen) atoms. The molecule has 0 aromatic carbocycles. The molecule has 1 aromatic rings. The zero-order valence-electron chi connectivity index (χ0n) is 14.5. The van der Waals surface area contributed by atoms with Crippen LogP contribution in [0.1, 0.15) is 66.6 Å². The molecule has 0 aliphatic carbocycles. The molecule has 4 heteroatoms. The minimum atomic E-state index is -0.0863. The number of ether oxygens (including phenoxy) is 1. The Hall–Kier alpha value is -1.32. The lowest BCUT2D eigenvalue weighted by atomic mass is 9.96. The van der Waals surface area contributed by atoms with E-state index in [0.717, 1.165) is 24.6 Å². The predicted octanol–water partition coefficient (Wildman–Crippen LogP) is 4.41. The van der Waals surface area contributed by atoms with Gasteiger partial charge in [0.05, 0.1) is 6.61 Å². The van der Waals surface area contributed by atoms with Crippen LogP contribution in [0.2, 0.25) is 0 Å². The minimum absolute atomic E-state index is 0.0863. The van der Waals surface area contributed by atoms with Crippen LogP contribution < -0.4 is 10.1 Å². The lowest BCUT2D eigenvalue weighted by Crippen LogP contribution is -2.19. The summed E-state index contributed by atoms with van der Waals surface area (Å²) in [5.74, 6) is 2.91. The maximum atomic E-state index is 5.89. The zero-order valence-corrected chi connectivity index (χ0v) is 14.5. The third-order valence-corrected chi connectivity index (χ3v) is 3.23. The smallest absolute Gasteiger partial charge is 0.218 e. The van der Waals surface area contributed by atoms with Crippen molar-refractivity contribution < 1.29 is 4.74 Å². The number of hydrogen-bond donors (Lipinski definition) is 1. The van der Waals surface area contributed by atoms with Crippen LogP contribution in [-0.4, -0.2) is 23.1 Å². The average Bonchev–Trinajstić information content (AvgIpc) is 2.42. The van der Waals surface area contributed by atoms with Gasteiger partial charge in [0.15, 0.2) is 0 Å². The van der Waals surface area contributed by atoms with Crippen molar-refractivity contribution in [1.82, 2.24) is 9.97 Å². The molecule has 0 saturated heterocycles. The van der Waals surface area contributed by atoms with Gasteiger partial charge in [0.2, 0.25) is 5.88 Å². The molecule has 0 bridgehead atoms. The Morgan fingerprint density at radius 1 is 1.19 bits per heavy atom. The van der Waals surface area contributed by atoms with Crippen molar-refractivity contribution in [3.63, 3.8) is 0 Å². The molecule has 0 fully saturated rings. The fourth-order valence-electron chi connectivity index (χ4n) is 1.98. The second kappa shape index (κ2) is 8.20. The highest BCUT2D eigenvalue weighted by molar-refractivity contribution is 5.39. The highest BCUT2D eigenvalue weighted by atomic mass is 16.5. The standard InChI is InChI=1S/C17H31N3O/c1-7-9-13(3)12-21-15-11-14(18-10-8-2)19-16(20-15)17(4,5)6/h11,13H,7-10,12H2,1-6H3,(H,18,19,20). The number of rotatable bonds is 8. The summed E-state index contributed by atoms with van der Waals surface area (Å²) < 4.78 is 5.89. The maximum absolute atomic E-state index is 5.89. The first-order valence-electron chi connectivity index (χ1n) is 8.13. The second-order valence-corrected chi connectivity index (χ2v) is 6.80. The van der Waals surface area contributed by atoms with Crippen molar-refractivity contribution in [1.29, 1.82) is 0 Å². The Labute approximate surface area is 129 Å². The maximum Gasteiger partial charge on any atom is 0.218 e. The number of aromatic nitrogens is 2. The van der Waals surface area contributed by atoms with Gasteiger partial charge in [0.1, 0.15) is 11.6 Å². The molecule has 0 radical (unpaired) electrons. The van der Waals surface area contributed by atoms with E-state index in [4.69, 9.17) is 4.74 Å². The highest BCUT2D eigenvalue weighted by Crippen LogP contribution is 2.23. The third-order valence-electron chi connectivity index (χ3n) is 3.23. The topological polar surface area (TPSA) is 47.0 Å². The SMILES string of the molecule is CCCNc1cc(OCC(C)CCC)nc(C(C)(C)C)n1. The van der Waals surface area contributed by atoms with Gasteiger partial charge < -0.3 is 10.1 Å².